The molecular formula is C13H16N2O2. The fraction of sp³-hybridized carbons (Fsp3) is 0.308. The third kappa shape index (κ3) is 1.86. The zero-order valence-electron chi connectivity index (χ0n) is 10.1. The molecule has 4 nitrogen and oxygen atoms in total. The molecule has 0 saturated carbocycles. The van der Waals surface area contributed by atoms with Gasteiger partial charge in [0.25, 0.3) is 0 Å². The summed E-state index contributed by atoms with van der Waals surface area (Å²) in [7, 11) is 0. The molecule has 0 spiro atoms. The molecule has 1 aromatic carbocycles. The van der Waals surface area contributed by atoms with Crippen molar-refractivity contribution in [3.63, 3.8) is 0 Å². The van der Waals surface area contributed by atoms with E-state index in [1.807, 2.05) is 32.0 Å². The highest BCUT2D eigenvalue weighted by atomic mass is 16.4. The molecule has 2 rings (SSSR count). The molecule has 1 aromatic heterocycles. The van der Waals surface area contributed by atoms with Crippen LogP contribution in [0.5, 0.6) is 0 Å². The molecule has 0 fully saturated rings. The van der Waals surface area contributed by atoms with Crippen LogP contribution in [-0.2, 0) is 0 Å². The summed E-state index contributed by atoms with van der Waals surface area (Å²) in [6.07, 6.45) is 0. The Kier molecular flexibility index (Phi) is 3.04. The molecule has 0 aliphatic heterocycles. The van der Waals surface area contributed by atoms with E-state index in [-0.39, 0.29) is 5.69 Å². The minimum atomic E-state index is -0.467. The van der Waals surface area contributed by atoms with Gasteiger partial charge in [-0.2, -0.15) is 0 Å². The smallest absolute Gasteiger partial charge is 0.361 e. The van der Waals surface area contributed by atoms with Crippen LogP contribution in [0.3, 0.4) is 0 Å². The lowest BCUT2D eigenvalue weighted by Gasteiger charge is -2.23. The second-order valence-electron chi connectivity index (χ2n) is 3.82. The summed E-state index contributed by atoms with van der Waals surface area (Å²) in [5, 5.41) is 0.883. The lowest BCUT2D eigenvalue weighted by atomic mass is 10.1. The number of nitrogens with two attached hydrogens (primary N) is 1. The molecule has 0 radical (unpaired) electrons. The second-order valence-corrected chi connectivity index (χ2v) is 3.82. The SMILES string of the molecule is CCN(CC)c1c(N)c(=O)oc2ccccc12. The van der Waals surface area contributed by atoms with Gasteiger partial charge in [0.05, 0.1) is 5.69 Å². The number of para-hydroxylation sites is 1. The number of nitrogen functional groups attached to an aromatic ring is 1. The first kappa shape index (κ1) is 11.5. The van der Waals surface area contributed by atoms with Gasteiger partial charge in [0, 0.05) is 18.5 Å². The molecule has 2 N–H and O–H groups in total. The van der Waals surface area contributed by atoms with Crippen LogP contribution in [0.4, 0.5) is 11.4 Å². The van der Waals surface area contributed by atoms with E-state index < -0.39 is 5.63 Å². The Morgan fingerprint density at radius 3 is 2.53 bits per heavy atom. The molecule has 0 bridgehead atoms. The number of anilines is 2. The van der Waals surface area contributed by atoms with E-state index >= 15 is 0 Å². The monoisotopic (exact) mass is 232 g/mol. The van der Waals surface area contributed by atoms with E-state index in [9.17, 15) is 4.79 Å². The van der Waals surface area contributed by atoms with Gasteiger partial charge in [0.15, 0.2) is 0 Å². The third-order valence-electron chi connectivity index (χ3n) is 2.90. The lowest BCUT2D eigenvalue weighted by molar-refractivity contribution is 0.564. The maximum absolute atomic E-state index is 11.7. The predicted molar refractivity (Wildman–Crippen MR) is 70.5 cm³/mol. The van der Waals surface area contributed by atoms with Crippen molar-refractivity contribution in [2.24, 2.45) is 0 Å². The van der Waals surface area contributed by atoms with Gasteiger partial charge in [-0.05, 0) is 26.0 Å². The molecule has 2 aromatic rings. The third-order valence-corrected chi connectivity index (χ3v) is 2.90. The van der Waals surface area contributed by atoms with Crippen molar-refractivity contribution in [3.8, 4) is 0 Å². The minimum Gasteiger partial charge on any atom is -0.421 e. The van der Waals surface area contributed by atoms with Crippen molar-refractivity contribution >= 4 is 22.3 Å². The molecular weight excluding hydrogens is 216 g/mol. The average Bonchev–Trinajstić information content (AvgIpc) is 2.35. The van der Waals surface area contributed by atoms with Crippen LogP contribution in [-0.4, -0.2) is 13.1 Å². The van der Waals surface area contributed by atoms with Gasteiger partial charge in [-0.3, -0.25) is 0 Å². The van der Waals surface area contributed by atoms with E-state index in [4.69, 9.17) is 10.2 Å². The van der Waals surface area contributed by atoms with Gasteiger partial charge in [-0.25, -0.2) is 4.79 Å². The van der Waals surface area contributed by atoms with E-state index in [0.29, 0.717) is 5.58 Å². The quantitative estimate of drug-likeness (QED) is 0.824. The van der Waals surface area contributed by atoms with E-state index in [2.05, 4.69) is 4.90 Å². The summed E-state index contributed by atoms with van der Waals surface area (Å²) in [6.45, 7) is 5.67. The normalized spacial score (nSPS) is 10.7. The van der Waals surface area contributed by atoms with Crippen molar-refractivity contribution in [2.75, 3.05) is 23.7 Å². The minimum absolute atomic E-state index is 0.187. The highest BCUT2D eigenvalue weighted by Gasteiger charge is 2.15. The first-order valence-electron chi connectivity index (χ1n) is 5.75. The predicted octanol–water partition coefficient (Wildman–Crippen LogP) is 2.22. The van der Waals surface area contributed by atoms with Crippen molar-refractivity contribution < 1.29 is 4.42 Å². The number of fused-ring (bicyclic) bond motifs is 1. The van der Waals surface area contributed by atoms with Crippen LogP contribution in [0.15, 0.2) is 33.5 Å². The zero-order valence-corrected chi connectivity index (χ0v) is 10.1. The van der Waals surface area contributed by atoms with Crippen LogP contribution in [0.2, 0.25) is 0 Å². The summed E-state index contributed by atoms with van der Waals surface area (Å²) in [5.74, 6) is 0. The van der Waals surface area contributed by atoms with Gasteiger partial charge in [0.1, 0.15) is 11.3 Å². The number of hydrogen-bond donors (Lipinski definition) is 1. The molecule has 17 heavy (non-hydrogen) atoms. The van der Waals surface area contributed by atoms with Gasteiger partial charge in [-0.15, -0.1) is 0 Å². The number of rotatable bonds is 3. The standard InChI is InChI=1S/C13H16N2O2/c1-3-15(4-2)12-9-7-5-6-8-10(9)17-13(16)11(12)14/h5-8H,3-4,14H2,1-2H3. The molecule has 0 amide bonds. The molecule has 0 unspecified atom stereocenters. The molecule has 0 atom stereocenters. The van der Waals surface area contributed by atoms with Crippen molar-refractivity contribution in [1.29, 1.82) is 0 Å². The number of hydrogen-bond acceptors (Lipinski definition) is 4. The highest BCUT2D eigenvalue weighted by molar-refractivity contribution is 5.96. The van der Waals surface area contributed by atoms with Crippen LogP contribution < -0.4 is 16.3 Å². The molecule has 1 heterocycles. The van der Waals surface area contributed by atoms with Gasteiger partial charge < -0.3 is 15.1 Å². The summed E-state index contributed by atoms with van der Waals surface area (Å²) in [6, 6.07) is 7.45. The van der Waals surface area contributed by atoms with Crippen LogP contribution >= 0.6 is 0 Å². The maximum atomic E-state index is 11.7. The fourth-order valence-electron chi connectivity index (χ4n) is 2.03. The van der Waals surface area contributed by atoms with Crippen molar-refractivity contribution in [1.82, 2.24) is 0 Å². The zero-order chi connectivity index (χ0) is 12.4. The Bertz CT molecular complexity index is 585. The summed E-state index contributed by atoms with van der Waals surface area (Å²) < 4.78 is 5.17. The Morgan fingerprint density at radius 2 is 1.88 bits per heavy atom. The maximum Gasteiger partial charge on any atom is 0.361 e. The Morgan fingerprint density at radius 1 is 1.24 bits per heavy atom. The first-order chi connectivity index (χ1) is 8.19. The number of benzene rings is 1. The van der Waals surface area contributed by atoms with Crippen molar-refractivity contribution in [3.05, 3.63) is 34.7 Å². The highest BCUT2D eigenvalue weighted by Crippen LogP contribution is 2.29. The van der Waals surface area contributed by atoms with E-state index in [1.54, 1.807) is 6.07 Å². The summed E-state index contributed by atoms with van der Waals surface area (Å²) in [4.78, 5) is 13.7. The van der Waals surface area contributed by atoms with Crippen LogP contribution in [0.25, 0.3) is 11.0 Å². The molecule has 0 saturated heterocycles. The Hall–Kier alpha value is -1.97. The number of nitrogens with zero attached hydrogens (tertiary/aromatic N) is 1. The second kappa shape index (κ2) is 4.49. The summed E-state index contributed by atoms with van der Waals surface area (Å²) >= 11 is 0. The molecule has 90 valence electrons. The van der Waals surface area contributed by atoms with Crippen LogP contribution in [0, 0.1) is 0 Å². The topological polar surface area (TPSA) is 59.5 Å². The first-order valence-corrected chi connectivity index (χ1v) is 5.75. The largest absolute Gasteiger partial charge is 0.421 e. The van der Waals surface area contributed by atoms with Crippen LogP contribution in [0.1, 0.15) is 13.8 Å². The fourth-order valence-corrected chi connectivity index (χ4v) is 2.03. The Labute approximate surface area is 99.6 Å². The van der Waals surface area contributed by atoms with Gasteiger partial charge in [-0.1, -0.05) is 12.1 Å². The average molecular weight is 232 g/mol. The molecule has 0 aliphatic carbocycles. The van der Waals surface area contributed by atoms with Crippen molar-refractivity contribution in [2.45, 2.75) is 13.8 Å². The van der Waals surface area contributed by atoms with E-state index in [0.717, 1.165) is 24.2 Å². The summed E-state index contributed by atoms with van der Waals surface area (Å²) in [5.41, 5.74) is 6.93. The lowest BCUT2D eigenvalue weighted by Crippen LogP contribution is -2.25. The Balaban J connectivity index is 2.82. The van der Waals surface area contributed by atoms with Gasteiger partial charge in [0.2, 0.25) is 0 Å². The van der Waals surface area contributed by atoms with Gasteiger partial charge >= 0.3 is 5.63 Å². The molecule has 0 aliphatic rings. The molecule has 4 heteroatoms. The van der Waals surface area contributed by atoms with E-state index in [1.165, 1.54) is 0 Å².